The van der Waals surface area contributed by atoms with Crippen LogP contribution in [0, 0.1) is 27.7 Å². The van der Waals surface area contributed by atoms with E-state index in [0.717, 1.165) is 35.3 Å². The molecule has 0 bridgehead atoms. The Hall–Kier alpha value is -2.22. The van der Waals surface area contributed by atoms with Crippen molar-refractivity contribution in [2.45, 2.75) is 54.4 Å². The van der Waals surface area contributed by atoms with E-state index < -0.39 is 0 Å². The molecule has 126 valence electrons. The van der Waals surface area contributed by atoms with E-state index in [2.05, 4.69) is 69.1 Å². The molecule has 2 heteroatoms. The minimum atomic E-state index is 0.883. The van der Waals surface area contributed by atoms with Crippen molar-refractivity contribution in [1.29, 1.82) is 0 Å². The second kappa shape index (κ2) is 8.05. The van der Waals surface area contributed by atoms with Gasteiger partial charge in [-0.25, -0.2) is 9.97 Å². The third-order valence-corrected chi connectivity index (χ3v) is 4.37. The average Bonchev–Trinajstić information content (AvgIpc) is 2.59. The summed E-state index contributed by atoms with van der Waals surface area (Å²) in [5, 5.41) is 1.16. The zero-order valence-electron chi connectivity index (χ0n) is 15.8. The summed E-state index contributed by atoms with van der Waals surface area (Å²) in [5.41, 5.74) is 7.43. The van der Waals surface area contributed by atoms with Gasteiger partial charge >= 0.3 is 0 Å². The number of aryl methyl sites for hydroxylation is 6. The molecule has 0 N–H and O–H groups in total. The standard InChI is InChI=1S/C20H22N2.C2H6/c1-13-8-9-17(12-15(13)3)10-11-19-21-16(4)18-7-5-6-14(2)20(18)22-19;1-2/h5-9,12H,10-11H2,1-4H3;1-2H3. The third-order valence-electron chi connectivity index (χ3n) is 4.37. The van der Waals surface area contributed by atoms with Crippen LogP contribution in [-0.4, -0.2) is 9.97 Å². The molecule has 0 amide bonds. The predicted molar refractivity (Wildman–Crippen MR) is 104 cm³/mol. The van der Waals surface area contributed by atoms with E-state index in [1.54, 1.807) is 0 Å². The Balaban J connectivity index is 0.00000100. The Morgan fingerprint density at radius 2 is 1.50 bits per heavy atom. The van der Waals surface area contributed by atoms with Gasteiger partial charge in [0.1, 0.15) is 5.82 Å². The van der Waals surface area contributed by atoms with Crippen LogP contribution in [0.25, 0.3) is 10.9 Å². The molecule has 0 fully saturated rings. The first-order chi connectivity index (χ1) is 11.5. The van der Waals surface area contributed by atoms with Crippen molar-refractivity contribution in [1.82, 2.24) is 9.97 Å². The molecule has 3 rings (SSSR count). The van der Waals surface area contributed by atoms with Crippen LogP contribution in [0.5, 0.6) is 0 Å². The second-order valence-electron chi connectivity index (χ2n) is 6.11. The molecule has 0 unspecified atom stereocenters. The van der Waals surface area contributed by atoms with Gasteiger partial charge in [0.05, 0.1) is 5.52 Å². The lowest BCUT2D eigenvalue weighted by Crippen LogP contribution is -2.02. The largest absolute Gasteiger partial charge is 0.238 e. The molecule has 0 radical (unpaired) electrons. The summed E-state index contributed by atoms with van der Waals surface area (Å²) >= 11 is 0. The molecule has 1 heterocycles. The fraction of sp³-hybridized carbons (Fsp3) is 0.364. The van der Waals surface area contributed by atoms with E-state index in [1.165, 1.54) is 22.3 Å². The third kappa shape index (κ3) is 4.00. The smallest absolute Gasteiger partial charge is 0.129 e. The quantitative estimate of drug-likeness (QED) is 0.621. The van der Waals surface area contributed by atoms with Crippen molar-refractivity contribution in [3.8, 4) is 0 Å². The maximum Gasteiger partial charge on any atom is 0.129 e. The number of nitrogens with zero attached hydrogens (tertiary/aromatic N) is 2. The topological polar surface area (TPSA) is 25.8 Å². The van der Waals surface area contributed by atoms with Crippen molar-refractivity contribution in [3.05, 3.63) is 70.2 Å². The lowest BCUT2D eigenvalue weighted by molar-refractivity contribution is 0.858. The summed E-state index contributed by atoms with van der Waals surface area (Å²) in [6.45, 7) is 12.5. The molecule has 0 saturated carbocycles. The number of aromatic nitrogens is 2. The van der Waals surface area contributed by atoms with E-state index in [-0.39, 0.29) is 0 Å². The molecule has 0 atom stereocenters. The summed E-state index contributed by atoms with van der Waals surface area (Å²) in [7, 11) is 0. The molecule has 0 saturated heterocycles. The fourth-order valence-corrected chi connectivity index (χ4v) is 2.83. The van der Waals surface area contributed by atoms with E-state index in [4.69, 9.17) is 4.98 Å². The number of para-hydroxylation sites is 1. The van der Waals surface area contributed by atoms with E-state index >= 15 is 0 Å². The summed E-state index contributed by atoms with van der Waals surface area (Å²) in [6.07, 6.45) is 1.87. The molecule has 0 aliphatic carbocycles. The van der Waals surface area contributed by atoms with Crippen LogP contribution >= 0.6 is 0 Å². The summed E-state index contributed by atoms with van der Waals surface area (Å²) in [6, 6.07) is 13.0. The van der Waals surface area contributed by atoms with Gasteiger partial charge in [0.25, 0.3) is 0 Å². The highest BCUT2D eigenvalue weighted by molar-refractivity contribution is 5.83. The lowest BCUT2D eigenvalue weighted by Gasteiger charge is -2.08. The van der Waals surface area contributed by atoms with Crippen LogP contribution in [0.1, 0.15) is 47.6 Å². The van der Waals surface area contributed by atoms with E-state index in [0.29, 0.717) is 0 Å². The molecule has 24 heavy (non-hydrogen) atoms. The molecular formula is C22H28N2. The Kier molecular flexibility index (Phi) is 6.08. The first-order valence-electron chi connectivity index (χ1n) is 8.83. The average molecular weight is 320 g/mol. The van der Waals surface area contributed by atoms with Gasteiger partial charge in [-0.1, -0.05) is 50.2 Å². The van der Waals surface area contributed by atoms with Gasteiger partial charge in [-0.15, -0.1) is 0 Å². The number of hydrogen-bond donors (Lipinski definition) is 0. The Bertz CT molecular complexity index is 835. The molecule has 2 aromatic carbocycles. The van der Waals surface area contributed by atoms with Crippen LogP contribution in [0.3, 0.4) is 0 Å². The minimum Gasteiger partial charge on any atom is -0.238 e. The lowest BCUT2D eigenvalue weighted by atomic mass is 10.0. The molecular weight excluding hydrogens is 292 g/mol. The maximum atomic E-state index is 4.78. The molecule has 0 aliphatic heterocycles. The van der Waals surface area contributed by atoms with Crippen molar-refractivity contribution < 1.29 is 0 Å². The highest BCUT2D eigenvalue weighted by Crippen LogP contribution is 2.19. The van der Waals surface area contributed by atoms with Gasteiger partial charge in [0.2, 0.25) is 0 Å². The molecule has 0 aliphatic rings. The zero-order chi connectivity index (χ0) is 17.7. The van der Waals surface area contributed by atoms with Gasteiger partial charge in [-0.2, -0.15) is 0 Å². The maximum absolute atomic E-state index is 4.78. The highest BCUT2D eigenvalue weighted by Gasteiger charge is 2.07. The summed E-state index contributed by atoms with van der Waals surface area (Å²) < 4.78 is 0. The molecule has 0 spiro atoms. The van der Waals surface area contributed by atoms with Gasteiger partial charge in [0.15, 0.2) is 0 Å². The monoisotopic (exact) mass is 320 g/mol. The number of fused-ring (bicyclic) bond motifs is 1. The van der Waals surface area contributed by atoms with Crippen molar-refractivity contribution in [2.24, 2.45) is 0 Å². The van der Waals surface area contributed by atoms with Gasteiger partial charge in [-0.3, -0.25) is 0 Å². The Morgan fingerprint density at radius 1 is 0.750 bits per heavy atom. The number of rotatable bonds is 3. The van der Waals surface area contributed by atoms with Gasteiger partial charge in [0, 0.05) is 17.5 Å². The molecule has 2 nitrogen and oxygen atoms in total. The zero-order valence-corrected chi connectivity index (χ0v) is 15.8. The van der Waals surface area contributed by atoms with Crippen molar-refractivity contribution in [3.63, 3.8) is 0 Å². The molecule has 1 aromatic heterocycles. The second-order valence-corrected chi connectivity index (χ2v) is 6.11. The van der Waals surface area contributed by atoms with Crippen LogP contribution < -0.4 is 0 Å². The van der Waals surface area contributed by atoms with Crippen LogP contribution in [0.2, 0.25) is 0 Å². The van der Waals surface area contributed by atoms with Crippen LogP contribution in [-0.2, 0) is 12.8 Å². The Morgan fingerprint density at radius 3 is 2.21 bits per heavy atom. The van der Waals surface area contributed by atoms with Crippen LogP contribution in [0.4, 0.5) is 0 Å². The molecule has 3 aromatic rings. The summed E-state index contributed by atoms with van der Waals surface area (Å²) in [5.74, 6) is 0.942. The van der Waals surface area contributed by atoms with E-state index in [9.17, 15) is 0 Å². The minimum absolute atomic E-state index is 0.883. The fourth-order valence-electron chi connectivity index (χ4n) is 2.83. The van der Waals surface area contributed by atoms with Crippen molar-refractivity contribution in [2.75, 3.05) is 0 Å². The van der Waals surface area contributed by atoms with Gasteiger partial charge in [-0.05, 0) is 56.4 Å². The van der Waals surface area contributed by atoms with Gasteiger partial charge < -0.3 is 0 Å². The SMILES string of the molecule is CC.Cc1ccc(CCc2nc(C)c3cccc(C)c3n2)cc1C. The normalized spacial score (nSPS) is 10.4. The van der Waals surface area contributed by atoms with E-state index in [1.807, 2.05) is 13.8 Å². The predicted octanol–water partition coefficient (Wildman–Crippen LogP) is 5.67. The first-order valence-corrected chi connectivity index (χ1v) is 8.83. The Labute approximate surface area is 146 Å². The highest BCUT2D eigenvalue weighted by atomic mass is 14.9. The first kappa shape index (κ1) is 18.1. The van der Waals surface area contributed by atoms with Crippen molar-refractivity contribution >= 4 is 10.9 Å². The summed E-state index contributed by atoms with van der Waals surface area (Å²) in [4.78, 5) is 9.47. The number of benzene rings is 2. The number of hydrogen-bond acceptors (Lipinski definition) is 2. The van der Waals surface area contributed by atoms with Crippen LogP contribution in [0.15, 0.2) is 36.4 Å².